The zero-order chi connectivity index (χ0) is 23.7. The molecule has 5 rings (SSSR count). The van der Waals surface area contributed by atoms with Crippen molar-refractivity contribution in [3.8, 4) is 11.3 Å². The number of fused-ring (bicyclic) bond motifs is 3. The summed E-state index contributed by atoms with van der Waals surface area (Å²) in [6.45, 7) is 2.31. The van der Waals surface area contributed by atoms with E-state index in [9.17, 15) is 14.0 Å². The number of aryl methyl sites for hydroxylation is 1. The standard InChI is InChI=1S/C27H23FN4O2/c1-2-18-9-6-10-21(13-18)29-25(33)17-32-27(34)23-16-31(15-19-7-4-3-5-8-19)24-12-11-20(28)14-22(24)26(23)30-32/h3-14,16H,2,15,17H2,1H3,(H,29,33). The molecule has 2 aliphatic heterocycles. The highest BCUT2D eigenvalue weighted by Crippen LogP contribution is 2.28. The van der Waals surface area contributed by atoms with Crippen molar-refractivity contribution in [2.75, 3.05) is 5.32 Å². The molecule has 0 aliphatic carbocycles. The second-order valence-electron chi connectivity index (χ2n) is 8.23. The van der Waals surface area contributed by atoms with Crippen LogP contribution in [0.1, 0.15) is 18.1 Å². The number of amides is 1. The first kappa shape index (κ1) is 21.6. The molecule has 0 fully saturated rings. The summed E-state index contributed by atoms with van der Waals surface area (Å²) >= 11 is 0. The number of nitrogens with zero attached hydrogens (tertiary/aromatic N) is 3. The number of hydrogen-bond acceptors (Lipinski definition) is 3. The summed E-state index contributed by atoms with van der Waals surface area (Å²) in [6.07, 6.45) is 2.59. The lowest BCUT2D eigenvalue weighted by Gasteiger charge is -2.14. The maximum Gasteiger partial charge on any atom is 0.278 e. The molecule has 0 saturated heterocycles. The van der Waals surface area contributed by atoms with Crippen molar-refractivity contribution in [2.45, 2.75) is 26.4 Å². The molecule has 0 spiro atoms. The van der Waals surface area contributed by atoms with Gasteiger partial charge in [0.05, 0.1) is 11.1 Å². The minimum atomic E-state index is -0.415. The summed E-state index contributed by atoms with van der Waals surface area (Å²) < 4.78 is 17.2. The molecule has 0 atom stereocenters. The second kappa shape index (κ2) is 8.94. The molecule has 3 aromatic rings. The molecule has 0 saturated carbocycles. The molecular weight excluding hydrogens is 431 g/mol. The van der Waals surface area contributed by atoms with E-state index in [0.29, 0.717) is 28.9 Å². The fraction of sp³-hybridized carbons (Fsp3) is 0.148. The second-order valence-corrected chi connectivity index (χ2v) is 8.23. The van der Waals surface area contributed by atoms with Gasteiger partial charge in [-0.15, -0.1) is 0 Å². The number of benzene rings is 3. The Balaban J connectivity index is 1.53. The molecule has 0 aromatic heterocycles. The number of hydrogen-bond donors (Lipinski definition) is 1. The topological polar surface area (TPSA) is 68.9 Å². The Labute approximate surface area is 195 Å². The van der Waals surface area contributed by atoms with Crippen LogP contribution in [0.5, 0.6) is 0 Å². The highest BCUT2D eigenvalue weighted by atomic mass is 19.1. The van der Waals surface area contributed by atoms with Gasteiger partial charge >= 0.3 is 0 Å². The zero-order valence-electron chi connectivity index (χ0n) is 18.7. The van der Waals surface area contributed by atoms with Crippen molar-refractivity contribution in [1.82, 2.24) is 14.3 Å². The summed E-state index contributed by atoms with van der Waals surface area (Å²) in [4.78, 5) is 25.8. The van der Waals surface area contributed by atoms with E-state index in [4.69, 9.17) is 0 Å². The van der Waals surface area contributed by atoms with Crippen LogP contribution >= 0.6 is 0 Å². The number of rotatable bonds is 6. The summed E-state index contributed by atoms with van der Waals surface area (Å²) in [7, 11) is 0. The first-order valence-electron chi connectivity index (χ1n) is 11.1. The van der Waals surface area contributed by atoms with Crippen molar-refractivity contribution >= 4 is 22.5 Å². The molecule has 0 bridgehead atoms. The molecule has 3 aromatic carbocycles. The van der Waals surface area contributed by atoms with Crippen LogP contribution in [0.3, 0.4) is 0 Å². The molecular formula is C27H23FN4O2. The van der Waals surface area contributed by atoms with Crippen LogP contribution in [-0.2, 0) is 24.3 Å². The van der Waals surface area contributed by atoms with Gasteiger partial charge in [-0.2, -0.15) is 5.10 Å². The monoisotopic (exact) mass is 454 g/mol. The van der Waals surface area contributed by atoms with Gasteiger partial charge in [-0.1, -0.05) is 49.4 Å². The van der Waals surface area contributed by atoms with Gasteiger partial charge in [0.2, 0.25) is 5.91 Å². The predicted octanol–water partition coefficient (Wildman–Crippen LogP) is 4.69. The van der Waals surface area contributed by atoms with Gasteiger partial charge in [0.1, 0.15) is 18.1 Å². The average molecular weight is 455 g/mol. The van der Waals surface area contributed by atoms with Crippen molar-refractivity contribution in [3.63, 3.8) is 0 Å². The van der Waals surface area contributed by atoms with Crippen LogP contribution in [0.4, 0.5) is 10.1 Å². The summed E-state index contributed by atoms with van der Waals surface area (Å²) in [5, 5.41) is 7.76. The molecule has 2 heterocycles. The van der Waals surface area contributed by atoms with E-state index >= 15 is 0 Å². The maximum atomic E-state index is 14.2. The third-order valence-corrected chi connectivity index (χ3v) is 5.86. The molecule has 7 heteroatoms. The van der Waals surface area contributed by atoms with E-state index in [1.807, 2.05) is 60.0 Å². The largest absolute Gasteiger partial charge is 0.342 e. The number of anilines is 1. The lowest BCUT2D eigenvalue weighted by Crippen LogP contribution is -2.26. The Hall–Kier alpha value is -4.26. The fourth-order valence-corrected chi connectivity index (χ4v) is 4.17. The average Bonchev–Trinajstić information content (AvgIpc) is 3.15. The van der Waals surface area contributed by atoms with Crippen LogP contribution in [-0.4, -0.2) is 20.3 Å². The normalized spacial score (nSPS) is 11.2. The van der Waals surface area contributed by atoms with Gasteiger partial charge in [0.25, 0.3) is 5.56 Å². The Kier molecular flexibility index (Phi) is 5.67. The highest BCUT2D eigenvalue weighted by molar-refractivity contribution is 5.94. The van der Waals surface area contributed by atoms with Gasteiger partial charge < -0.3 is 9.88 Å². The van der Waals surface area contributed by atoms with E-state index in [0.717, 1.165) is 27.7 Å². The van der Waals surface area contributed by atoms with Gasteiger partial charge in [-0.3, -0.25) is 9.59 Å². The quantitative estimate of drug-likeness (QED) is 0.405. The number of halogens is 1. The molecule has 170 valence electrons. The van der Waals surface area contributed by atoms with Crippen LogP contribution in [0.25, 0.3) is 22.2 Å². The molecule has 0 radical (unpaired) electrons. The summed E-state index contributed by atoms with van der Waals surface area (Å²) in [5.74, 6) is -0.771. The number of nitrogens with one attached hydrogen (secondary N) is 1. The third-order valence-electron chi connectivity index (χ3n) is 5.86. The highest BCUT2D eigenvalue weighted by Gasteiger charge is 2.22. The van der Waals surface area contributed by atoms with Gasteiger partial charge in [-0.05, 0) is 47.9 Å². The van der Waals surface area contributed by atoms with Gasteiger partial charge in [0, 0.05) is 23.8 Å². The Morgan fingerprint density at radius 2 is 1.79 bits per heavy atom. The minimum Gasteiger partial charge on any atom is -0.342 e. The van der Waals surface area contributed by atoms with Crippen molar-refractivity contribution in [2.24, 2.45) is 0 Å². The molecule has 1 amide bonds. The first-order valence-corrected chi connectivity index (χ1v) is 11.1. The van der Waals surface area contributed by atoms with Crippen molar-refractivity contribution in [3.05, 3.63) is 106 Å². The SMILES string of the molecule is CCc1cccc(NC(=O)Cn2nc3c4cc(F)ccc4n(Cc4ccccc4)cc-3c2=O)c1. The molecule has 1 N–H and O–H groups in total. The van der Waals surface area contributed by atoms with Crippen LogP contribution < -0.4 is 10.9 Å². The lowest BCUT2D eigenvalue weighted by molar-refractivity contribution is -0.116. The van der Waals surface area contributed by atoms with Crippen molar-refractivity contribution in [1.29, 1.82) is 0 Å². The van der Waals surface area contributed by atoms with E-state index < -0.39 is 5.82 Å². The van der Waals surface area contributed by atoms with Gasteiger partial charge in [0.15, 0.2) is 0 Å². The number of aromatic nitrogens is 3. The van der Waals surface area contributed by atoms with Crippen LogP contribution in [0, 0.1) is 5.82 Å². The lowest BCUT2D eigenvalue weighted by atomic mass is 10.1. The summed E-state index contributed by atoms with van der Waals surface area (Å²) in [5.41, 5.74) is 3.90. The number of carbonyl (C=O) groups excluding carboxylic acids is 1. The number of pyridine rings is 1. The van der Waals surface area contributed by atoms with Gasteiger partial charge in [-0.25, -0.2) is 9.07 Å². The molecule has 34 heavy (non-hydrogen) atoms. The predicted molar refractivity (Wildman–Crippen MR) is 131 cm³/mol. The minimum absolute atomic E-state index is 0.237. The third kappa shape index (κ3) is 4.20. The summed E-state index contributed by atoms with van der Waals surface area (Å²) in [6, 6.07) is 21.8. The van der Waals surface area contributed by atoms with E-state index in [1.54, 1.807) is 18.3 Å². The Bertz CT molecular complexity index is 1520. The molecule has 6 nitrogen and oxygen atoms in total. The van der Waals surface area contributed by atoms with Crippen LogP contribution in [0.2, 0.25) is 0 Å². The Morgan fingerprint density at radius 1 is 1.00 bits per heavy atom. The fourth-order valence-electron chi connectivity index (χ4n) is 4.17. The van der Waals surface area contributed by atoms with Crippen LogP contribution in [0.15, 0.2) is 83.8 Å². The maximum absolute atomic E-state index is 14.2. The zero-order valence-corrected chi connectivity index (χ0v) is 18.7. The Morgan fingerprint density at radius 3 is 2.59 bits per heavy atom. The first-order chi connectivity index (χ1) is 16.5. The van der Waals surface area contributed by atoms with E-state index in [1.165, 1.54) is 12.1 Å². The molecule has 2 aliphatic rings. The van der Waals surface area contributed by atoms with E-state index in [-0.39, 0.29) is 18.0 Å². The van der Waals surface area contributed by atoms with Crippen molar-refractivity contribution < 1.29 is 9.18 Å². The van der Waals surface area contributed by atoms with E-state index in [2.05, 4.69) is 10.4 Å². The molecule has 0 unspecified atom stereocenters. The number of carbonyl (C=O) groups is 1. The smallest absolute Gasteiger partial charge is 0.278 e.